The highest BCUT2D eigenvalue weighted by molar-refractivity contribution is 5.62. The number of hydrogen-bond acceptors (Lipinski definition) is 8. The molecule has 0 spiro atoms. The molecule has 0 atom stereocenters. The minimum Gasteiger partial charge on any atom is -0.494 e. The lowest BCUT2D eigenvalue weighted by Crippen LogP contribution is -2.12. The van der Waals surface area contributed by atoms with Gasteiger partial charge in [-0.1, -0.05) is 0 Å². The van der Waals surface area contributed by atoms with Gasteiger partial charge >= 0.3 is 0 Å². The summed E-state index contributed by atoms with van der Waals surface area (Å²) < 4.78 is 7.19. The van der Waals surface area contributed by atoms with Crippen LogP contribution in [0.5, 0.6) is 5.75 Å². The standard InChI is InChI=1S/C18H24N8O/c1-12-8-16(19-2)23-18(21-12)22-13-6-7-15(27-5)14(9-13)26-11-20-17(24-26)10-25(3)4/h6-9,11H,10H2,1-5H3,(H2,19,21,22,23). The molecule has 0 saturated carbocycles. The minimum absolute atomic E-state index is 0.516. The third kappa shape index (κ3) is 4.50. The summed E-state index contributed by atoms with van der Waals surface area (Å²) in [4.78, 5) is 15.2. The van der Waals surface area contributed by atoms with Crippen LogP contribution in [0.15, 0.2) is 30.6 Å². The molecule has 0 aliphatic carbocycles. The maximum atomic E-state index is 5.48. The van der Waals surface area contributed by atoms with E-state index in [0.717, 1.165) is 28.7 Å². The van der Waals surface area contributed by atoms with Crippen molar-refractivity contribution in [1.82, 2.24) is 29.6 Å². The van der Waals surface area contributed by atoms with E-state index in [2.05, 4.69) is 30.7 Å². The van der Waals surface area contributed by atoms with Crippen molar-refractivity contribution in [2.75, 3.05) is 38.9 Å². The van der Waals surface area contributed by atoms with E-state index in [4.69, 9.17) is 4.74 Å². The molecule has 0 unspecified atom stereocenters. The quantitative estimate of drug-likeness (QED) is 0.656. The Morgan fingerprint density at radius 1 is 1.19 bits per heavy atom. The molecule has 1 aromatic carbocycles. The van der Waals surface area contributed by atoms with E-state index in [-0.39, 0.29) is 0 Å². The molecule has 0 saturated heterocycles. The van der Waals surface area contributed by atoms with Crippen LogP contribution in [0, 0.1) is 6.92 Å². The Hall–Kier alpha value is -3.20. The van der Waals surface area contributed by atoms with Gasteiger partial charge in [0.2, 0.25) is 5.95 Å². The summed E-state index contributed by atoms with van der Waals surface area (Å²) in [7, 11) is 7.42. The van der Waals surface area contributed by atoms with Crippen LogP contribution in [0.1, 0.15) is 11.5 Å². The highest BCUT2D eigenvalue weighted by Gasteiger charge is 2.11. The van der Waals surface area contributed by atoms with Gasteiger partial charge in [0.15, 0.2) is 5.82 Å². The first kappa shape index (κ1) is 18.6. The molecule has 3 rings (SSSR count). The fraction of sp³-hybridized carbons (Fsp3) is 0.333. The number of methoxy groups -OCH3 is 1. The van der Waals surface area contributed by atoms with Gasteiger partial charge in [0.1, 0.15) is 23.6 Å². The van der Waals surface area contributed by atoms with Crippen LogP contribution in [0.3, 0.4) is 0 Å². The topological polar surface area (TPSA) is 93.0 Å². The lowest BCUT2D eigenvalue weighted by atomic mass is 10.2. The van der Waals surface area contributed by atoms with Crippen molar-refractivity contribution < 1.29 is 4.74 Å². The maximum absolute atomic E-state index is 5.48. The average molecular weight is 368 g/mol. The molecule has 0 amide bonds. The predicted molar refractivity (Wildman–Crippen MR) is 105 cm³/mol. The van der Waals surface area contributed by atoms with Crippen molar-refractivity contribution in [3.05, 3.63) is 42.1 Å². The average Bonchev–Trinajstić information content (AvgIpc) is 3.08. The fourth-order valence-electron chi connectivity index (χ4n) is 2.60. The Morgan fingerprint density at radius 3 is 2.70 bits per heavy atom. The number of rotatable bonds is 7. The zero-order valence-electron chi connectivity index (χ0n) is 16.2. The second-order valence-corrected chi connectivity index (χ2v) is 6.32. The van der Waals surface area contributed by atoms with Crippen LogP contribution < -0.4 is 15.4 Å². The molecule has 27 heavy (non-hydrogen) atoms. The lowest BCUT2D eigenvalue weighted by molar-refractivity contribution is 0.389. The molecule has 0 aliphatic heterocycles. The second-order valence-electron chi connectivity index (χ2n) is 6.32. The van der Waals surface area contributed by atoms with E-state index in [1.54, 1.807) is 18.1 Å². The molecule has 2 heterocycles. The first-order valence-electron chi connectivity index (χ1n) is 8.52. The minimum atomic E-state index is 0.516. The van der Waals surface area contributed by atoms with Gasteiger partial charge in [-0.25, -0.2) is 14.6 Å². The van der Waals surface area contributed by atoms with Gasteiger partial charge < -0.3 is 20.3 Å². The number of ether oxygens (including phenoxy) is 1. The van der Waals surface area contributed by atoms with E-state index in [1.807, 2.05) is 57.2 Å². The van der Waals surface area contributed by atoms with Crippen LogP contribution in [0.4, 0.5) is 17.5 Å². The lowest BCUT2D eigenvalue weighted by Gasteiger charge is -2.12. The van der Waals surface area contributed by atoms with E-state index < -0.39 is 0 Å². The number of nitrogens with one attached hydrogen (secondary N) is 2. The Labute approximate surface area is 158 Å². The van der Waals surface area contributed by atoms with Crippen LogP contribution in [0.25, 0.3) is 5.69 Å². The number of anilines is 3. The van der Waals surface area contributed by atoms with Gasteiger partial charge in [-0.2, -0.15) is 4.98 Å². The van der Waals surface area contributed by atoms with Crippen molar-refractivity contribution >= 4 is 17.5 Å². The zero-order chi connectivity index (χ0) is 19.4. The van der Waals surface area contributed by atoms with Gasteiger partial charge in [0.05, 0.1) is 13.7 Å². The van der Waals surface area contributed by atoms with Crippen LogP contribution in [-0.2, 0) is 6.54 Å². The number of aryl methyl sites for hydroxylation is 1. The van der Waals surface area contributed by atoms with E-state index in [0.29, 0.717) is 18.2 Å². The first-order valence-corrected chi connectivity index (χ1v) is 8.52. The normalized spacial score (nSPS) is 10.9. The summed E-state index contributed by atoms with van der Waals surface area (Å²) in [5.74, 6) is 2.70. The molecule has 142 valence electrons. The largest absolute Gasteiger partial charge is 0.494 e. The van der Waals surface area contributed by atoms with Crippen molar-refractivity contribution in [2.24, 2.45) is 0 Å². The van der Waals surface area contributed by atoms with Gasteiger partial charge in [0, 0.05) is 24.5 Å². The smallest absolute Gasteiger partial charge is 0.229 e. The molecule has 2 N–H and O–H groups in total. The summed E-state index contributed by atoms with van der Waals surface area (Å²) in [6.45, 7) is 2.59. The van der Waals surface area contributed by atoms with Crippen LogP contribution >= 0.6 is 0 Å². The molecule has 9 nitrogen and oxygen atoms in total. The van der Waals surface area contributed by atoms with Crippen molar-refractivity contribution in [1.29, 1.82) is 0 Å². The molecule has 2 aromatic heterocycles. The van der Waals surface area contributed by atoms with Crippen LogP contribution in [-0.4, -0.2) is 57.9 Å². The molecule has 0 radical (unpaired) electrons. The molecular weight excluding hydrogens is 344 g/mol. The second kappa shape index (κ2) is 8.00. The number of hydrogen-bond donors (Lipinski definition) is 2. The Bertz CT molecular complexity index is 921. The molecule has 0 fully saturated rings. The Kier molecular flexibility index (Phi) is 5.51. The van der Waals surface area contributed by atoms with Gasteiger partial charge in [-0.15, -0.1) is 5.10 Å². The Balaban J connectivity index is 1.92. The number of nitrogens with zero attached hydrogens (tertiary/aromatic N) is 6. The van der Waals surface area contributed by atoms with Gasteiger partial charge in [-0.3, -0.25) is 0 Å². The Morgan fingerprint density at radius 2 is 2.00 bits per heavy atom. The zero-order valence-corrected chi connectivity index (χ0v) is 16.2. The summed E-state index contributed by atoms with van der Waals surface area (Å²) in [5.41, 5.74) is 2.47. The summed E-state index contributed by atoms with van der Waals surface area (Å²) in [6, 6.07) is 7.59. The van der Waals surface area contributed by atoms with Crippen molar-refractivity contribution in [3.8, 4) is 11.4 Å². The number of benzene rings is 1. The highest BCUT2D eigenvalue weighted by atomic mass is 16.5. The monoisotopic (exact) mass is 368 g/mol. The summed E-state index contributed by atoms with van der Waals surface area (Å²) >= 11 is 0. The summed E-state index contributed by atoms with van der Waals surface area (Å²) in [6.07, 6.45) is 1.68. The van der Waals surface area contributed by atoms with Gasteiger partial charge in [-0.05, 0) is 39.2 Å². The molecule has 3 aromatic rings. The number of aromatic nitrogens is 5. The molecule has 9 heteroatoms. The third-order valence-corrected chi connectivity index (χ3v) is 3.79. The molecule has 0 aliphatic rings. The van der Waals surface area contributed by atoms with E-state index in [9.17, 15) is 0 Å². The predicted octanol–water partition coefficient (Wildman–Crippen LogP) is 2.22. The molecule has 0 bridgehead atoms. The van der Waals surface area contributed by atoms with Crippen LogP contribution in [0.2, 0.25) is 0 Å². The third-order valence-electron chi connectivity index (χ3n) is 3.79. The SMILES string of the molecule is CNc1cc(C)nc(Nc2ccc(OC)c(-n3cnc(CN(C)C)n3)c2)n1. The fourth-order valence-corrected chi connectivity index (χ4v) is 2.60. The van der Waals surface area contributed by atoms with Crippen molar-refractivity contribution in [3.63, 3.8) is 0 Å². The molecular formula is C18H24N8O. The van der Waals surface area contributed by atoms with Crippen molar-refractivity contribution in [2.45, 2.75) is 13.5 Å². The van der Waals surface area contributed by atoms with E-state index >= 15 is 0 Å². The summed E-state index contributed by atoms with van der Waals surface area (Å²) in [5, 5.41) is 10.8. The highest BCUT2D eigenvalue weighted by Crippen LogP contribution is 2.27. The van der Waals surface area contributed by atoms with Gasteiger partial charge in [0.25, 0.3) is 0 Å². The first-order chi connectivity index (χ1) is 13.0. The maximum Gasteiger partial charge on any atom is 0.229 e. The van der Waals surface area contributed by atoms with E-state index in [1.165, 1.54) is 0 Å².